The highest BCUT2D eigenvalue weighted by molar-refractivity contribution is 5.88. The van der Waals surface area contributed by atoms with Crippen molar-refractivity contribution >= 4 is 11.8 Å². The first-order valence-electron chi connectivity index (χ1n) is 13.0. The van der Waals surface area contributed by atoms with Crippen LogP contribution in [-0.4, -0.2) is 35.9 Å². The van der Waals surface area contributed by atoms with Crippen LogP contribution in [-0.2, 0) is 22.6 Å². The number of unbranched alkanes of at least 4 members (excludes halogenated alkanes) is 1. The molecule has 3 aromatic carbocycles. The van der Waals surface area contributed by atoms with E-state index in [0.717, 1.165) is 24.0 Å². The number of ether oxygens (including phenoxy) is 1. The minimum absolute atomic E-state index is 0.0423. The number of carbonyl (C=O) groups is 2. The number of rotatable bonds is 13. The van der Waals surface area contributed by atoms with Crippen LogP contribution >= 0.6 is 0 Å². The maximum atomic E-state index is 14.7. The van der Waals surface area contributed by atoms with Crippen LogP contribution in [0.4, 0.5) is 4.39 Å². The van der Waals surface area contributed by atoms with Crippen LogP contribution < -0.4 is 10.1 Å². The summed E-state index contributed by atoms with van der Waals surface area (Å²) >= 11 is 0. The van der Waals surface area contributed by atoms with Crippen molar-refractivity contribution in [2.75, 3.05) is 13.2 Å². The van der Waals surface area contributed by atoms with Gasteiger partial charge in [-0.3, -0.25) is 9.59 Å². The molecule has 0 radical (unpaired) electrons. The molecule has 0 fully saturated rings. The van der Waals surface area contributed by atoms with E-state index in [1.807, 2.05) is 61.5 Å². The molecule has 0 saturated heterocycles. The Morgan fingerprint density at radius 1 is 0.946 bits per heavy atom. The Morgan fingerprint density at radius 3 is 2.32 bits per heavy atom. The molecule has 3 aromatic rings. The fraction of sp³-hybridized carbons (Fsp3) is 0.355. The molecule has 196 valence electrons. The maximum Gasteiger partial charge on any atom is 0.261 e. The van der Waals surface area contributed by atoms with Crippen molar-refractivity contribution in [1.29, 1.82) is 0 Å². The van der Waals surface area contributed by atoms with E-state index in [9.17, 15) is 14.0 Å². The summed E-state index contributed by atoms with van der Waals surface area (Å²) in [5.74, 6) is -0.214. The number of benzene rings is 3. The number of carbonyl (C=O) groups excluding carboxylic acids is 2. The molecule has 0 aromatic heterocycles. The van der Waals surface area contributed by atoms with Crippen LogP contribution in [0.15, 0.2) is 78.9 Å². The summed E-state index contributed by atoms with van der Waals surface area (Å²) in [6, 6.07) is 22.7. The Balaban J connectivity index is 1.92. The van der Waals surface area contributed by atoms with E-state index in [0.29, 0.717) is 24.3 Å². The lowest BCUT2D eigenvalue weighted by molar-refractivity contribution is -0.142. The molecule has 6 heteroatoms. The van der Waals surface area contributed by atoms with Gasteiger partial charge in [-0.15, -0.1) is 0 Å². The van der Waals surface area contributed by atoms with E-state index in [2.05, 4.69) is 19.2 Å². The van der Waals surface area contributed by atoms with E-state index in [4.69, 9.17) is 4.74 Å². The molecule has 0 spiro atoms. The third-order valence-electron chi connectivity index (χ3n) is 6.29. The SMILES string of the molecule is CCCCNC(=O)C(Cc1ccccc1)N(Cc1ccccc1F)C(=O)COc1ccccc1C(C)C. The lowest BCUT2D eigenvalue weighted by atomic mass is 10.0. The molecule has 5 nitrogen and oxygen atoms in total. The standard InChI is InChI=1S/C31H37FN2O3/c1-4-5-19-33-31(36)28(20-24-13-7-6-8-14-24)34(21-25-15-9-11-17-27(25)32)30(35)22-37-29-18-12-10-16-26(29)23(2)3/h6-18,23,28H,4-5,19-22H2,1-3H3,(H,33,36). The van der Waals surface area contributed by atoms with Crippen molar-refractivity contribution in [2.24, 2.45) is 0 Å². The second-order valence-electron chi connectivity index (χ2n) is 9.44. The van der Waals surface area contributed by atoms with Gasteiger partial charge in [0, 0.05) is 25.1 Å². The fourth-order valence-electron chi connectivity index (χ4n) is 4.18. The van der Waals surface area contributed by atoms with Crippen molar-refractivity contribution in [3.8, 4) is 5.75 Å². The number of nitrogens with one attached hydrogen (secondary N) is 1. The second-order valence-corrected chi connectivity index (χ2v) is 9.44. The van der Waals surface area contributed by atoms with Crippen molar-refractivity contribution in [2.45, 2.75) is 58.5 Å². The Morgan fingerprint density at radius 2 is 1.62 bits per heavy atom. The van der Waals surface area contributed by atoms with Gasteiger partial charge >= 0.3 is 0 Å². The molecule has 0 bridgehead atoms. The third kappa shape index (κ3) is 8.17. The van der Waals surface area contributed by atoms with Crippen LogP contribution in [0.3, 0.4) is 0 Å². The van der Waals surface area contributed by atoms with E-state index in [1.54, 1.807) is 18.2 Å². The van der Waals surface area contributed by atoms with Crippen LogP contribution in [0.1, 0.15) is 56.2 Å². The minimum atomic E-state index is -0.824. The molecule has 3 rings (SSSR count). The third-order valence-corrected chi connectivity index (χ3v) is 6.29. The molecule has 0 heterocycles. The molecule has 0 saturated carbocycles. The molecule has 0 aliphatic carbocycles. The van der Waals surface area contributed by atoms with E-state index in [-0.39, 0.29) is 30.9 Å². The Labute approximate surface area is 219 Å². The van der Waals surface area contributed by atoms with Gasteiger partial charge < -0.3 is 15.0 Å². The predicted molar refractivity (Wildman–Crippen MR) is 145 cm³/mol. The van der Waals surface area contributed by atoms with Gasteiger partial charge in [-0.25, -0.2) is 4.39 Å². The summed E-state index contributed by atoms with van der Waals surface area (Å²) in [4.78, 5) is 28.5. The number of amides is 2. The summed E-state index contributed by atoms with van der Waals surface area (Å²) < 4.78 is 20.6. The van der Waals surface area contributed by atoms with Crippen molar-refractivity contribution in [1.82, 2.24) is 10.2 Å². The van der Waals surface area contributed by atoms with E-state index in [1.165, 1.54) is 11.0 Å². The predicted octanol–water partition coefficient (Wildman–Crippen LogP) is 5.88. The summed E-state index contributed by atoms with van der Waals surface area (Å²) in [6.45, 7) is 6.38. The molecule has 2 amide bonds. The van der Waals surface area contributed by atoms with Crippen molar-refractivity contribution in [3.05, 3.63) is 101 Å². The molecule has 1 N–H and O–H groups in total. The van der Waals surface area contributed by atoms with Crippen LogP contribution in [0.25, 0.3) is 0 Å². The van der Waals surface area contributed by atoms with Gasteiger partial charge in [0.2, 0.25) is 5.91 Å². The fourth-order valence-corrected chi connectivity index (χ4v) is 4.18. The zero-order valence-electron chi connectivity index (χ0n) is 22.0. The van der Waals surface area contributed by atoms with E-state index < -0.39 is 11.9 Å². The lowest BCUT2D eigenvalue weighted by Crippen LogP contribution is -2.52. The van der Waals surface area contributed by atoms with Gasteiger partial charge in [0.25, 0.3) is 5.91 Å². The first-order valence-corrected chi connectivity index (χ1v) is 13.0. The van der Waals surface area contributed by atoms with Crippen LogP contribution in [0.5, 0.6) is 5.75 Å². The molecular weight excluding hydrogens is 467 g/mol. The lowest BCUT2D eigenvalue weighted by Gasteiger charge is -2.31. The molecule has 0 aliphatic rings. The monoisotopic (exact) mass is 504 g/mol. The Bertz CT molecular complexity index is 1150. The van der Waals surface area contributed by atoms with E-state index >= 15 is 0 Å². The summed E-state index contributed by atoms with van der Waals surface area (Å²) in [7, 11) is 0. The van der Waals surface area contributed by atoms with Gasteiger partial charge in [-0.2, -0.15) is 0 Å². The summed E-state index contributed by atoms with van der Waals surface area (Å²) in [5, 5.41) is 2.97. The number of hydrogen-bond donors (Lipinski definition) is 1. The second kappa shape index (κ2) is 14.2. The topological polar surface area (TPSA) is 58.6 Å². The number of para-hydroxylation sites is 1. The molecule has 37 heavy (non-hydrogen) atoms. The number of nitrogens with zero attached hydrogens (tertiary/aromatic N) is 1. The minimum Gasteiger partial charge on any atom is -0.483 e. The normalized spacial score (nSPS) is 11.7. The largest absolute Gasteiger partial charge is 0.483 e. The van der Waals surface area contributed by atoms with Crippen LogP contribution in [0.2, 0.25) is 0 Å². The zero-order valence-corrected chi connectivity index (χ0v) is 22.0. The highest BCUT2D eigenvalue weighted by Crippen LogP contribution is 2.26. The van der Waals surface area contributed by atoms with Gasteiger partial charge in [0.05, 0.1) is 0 Å². The van der Waals surface area contributed by atoms with Crippen molar-refractivity contribution < 1.29 is 18.7 Å². The van der Waals surface area contributed by atoms with Gasteiger partial charge in [0.1, 0.15) is 17.6 Å². The molecule has 1 unspecified atom stereocenters. The summed E-state index contributed by atoms with van der Waals surface area (Å²) in [6.07, 6.45) is 2.08. The molecular formula is C31H37FN2O3. The van der Waals surface area contributed by atoms with Crippen LogP contribution in [0, 0.1) is 5.82 Å². The number of hydrogen-bond acceptors (Lipinski definition) is 3. The molecule has 1 atom stereocenters. The summed E-state index contributed by atoms with van der Waals surface area (Å²) in [5.41, 5.74) is 2.25. The smallest absolute Gasteiger partial charge is 0.261 e. The highest BCUT2D eigenvalue weighted by atomic mass is 19.1. The van der Waals surface area contributed by atoms with Crippen molar-refractivity contribution in [3.63, 3.8) is 0 Å². The average Bonchev–Trinajstić information content (AvgIpc) is 2.91. The first-order chi connectivity index (χ1) is 17.9. The Kier molecular flexibility index (Phi) is 10.7. The maximum absolute atomic E-state index is 14.7. The highest BCUT2D eigenvalue weighted by Gasteiger charge is 2.31. The van der Waals surface area contributed by atoms with Gasteiger partial charge in [0.15, 0.2) is 6.61 Å². The first kappa shape index (κ1) is 27.9. The van der Waals surface area contributed by atoms with Gasteiger partial charge in [-0.1, -0.05) is 93.9 Å². The average molecular weight is 505 g/mol. The number of halogens is 1. The van der Waals surface area contributed by atoms with Gasteiger partial charge in [-0.05, 0) is 35.6 Å². The zero-order chi connectivity index (χ0) is 26.6. The Hall–Kier alpha value is -3.67. The quantitative estimate of drug-likeness (QED) is 0.296. The molecule has 0 aliphatic heterocycles.